The third-order valence-electron chi connectivity index (χ3n) is 9.46. The van der Waals surface area contributed by atoms with Gasteiger partial charge in [-0.3, -0.25) is 0 Å². The molecule has 0 aliphatic carbocycles. The topological polar surface area (TPSA) is 0 Å². The van der Waals surface area contributed by atoms with Crippen molar-refractivity contribution in [2.75, 3.05) is 0 Å². The molecule has 0 fully saturated rings. The summed E-state index contributed by atoms with van der Waals surface area (Å²) in [6.07, 6.45) is 0. The van der Waals surface area contributed by atoms with Gasteiger partial charge in [0.25, 0.3) is 0 Å². The molecule has 9 rings (SSSR count). The van der Waals surface area contributed by atoms with Crippen LogP contribution in [0.2, 0.25) is 0 Å². The molecule has 0 bridgehead atoms. The van der Waals surface area contributed by atoms with Crippen LogP contribution in [0, 0.1) is 0 Å². The van der Waals surface area contributed by atoms with Crippen LogP contribution in [0.15, 0.2) is 182 Å². The smallest absolute Gasteiger partial charge is 0.00201 e. The second kappa shape index (κ2) is 10.9. The summed E-state index contributed by atoms with van der Waals surface area (Å²) in [6, 6.07) is 66.5. The molecule has 46 heavy (non-hydrogen) atoms. The first-order chi connectivity index (χ1) is 22.8. The molecule has 0 aromatic heterocycles. The number of hydrogen-bond donors (Lipinski definition) is 0. The summed E-state index contributed by atoms with van der Waals surface area (Å²) < 4.78 is 0. The molecule has 0 N–H and O–H groups in total. The standard InChI is InChI=1S/C46H30/c1-2-14-35(15-3-1)45-41-20-8-9-21-42(41)46(40-23-11-17-33-13-5-7-19-39(33)40)43-29-28-36(30-44(43)45)31-24-26-34(27-25-31)38-22-10-16-32-12-4-6-18-37(32)38/h1-30H. The van der Waals surface area contributed by atoms with E-state index in [0.717, 1.165) is 0 Å². The SMILES string of the molecule is c1ccc(-c2c3ccccc3c(-c3cccc4ccccc34)c3ccc(-c4ccc(-c5cccc6ccccc56)cc4)cc23)cc1. The van der Waals surface area contributed by atoms with Crippen molar-refractivity contribution in [3.63, 3.8) is 0 Å². The Morgan fingerprint density at radius 1 is 0.217 bits per heavy atom. The van der Waals surface area contributed by atoms with Crippen molar-refractivity contribution in [1.82, 2.24) is 0 Å². The highest BCUT2D eigenvalue weighted by Crippen LogP contribution is 2.46. The predicted octanol–water partition coefficient (Wildman–Crippen LogP) is 13.0. The summed E-state index contributed by atoms with van der Waals surface area (Å²) in [4.78, 5) is 0. The van der Waals surface area contributed by atoms with E-state index in [9.17, 15) is 0 Å². The van der Waals surface area contributed by atoms with Gasteiger partial charge in [0.2, 0.25) is 0 Å². The van der Waals surface area contributed by atoms with Crippen molar-refractivity contribution in [2.45, 2.75) is 0 Å². The molecule has 0 amide bonds. The van der Waals surface area contributed by atoms with Gasteiger partial charge in [0.1, 0.15) is 0 Å². The Hall–Kier alpha value is -5.98. The minimum absolute atomic E-state index is 1.21. The van der Waals surface area contributed by atoms with Crippen LogP contribution in [0.3, 0.4) is 0 Å². The fourth-order valence-electron chi connectivity index (χ4n) is 7.33. The van der Waals surface area contributed by atoms with Gasteiger partial charge in [-0.15, -0.1) is 0 Å². The van der Waals surface area contributed by atoms with Crippen LogP contribution in [-0.4, -0.2) is 0 Å². The minimum atomic E-state index is 1.21. The maximum Gasteiger partial charge on any atom is -0.00201 e. The molecule has 0 heterocycles. The van der Waals surface area contributed by atoms with Crippen molar-refractivity contribution in [3.05, 3.63) is 182 Å². The van der Waals surface area contributed by atoms with Crippen LogP contribution >= 0.6 is 0 Å². The fourth-order valence-corrected chi connectivity index (χ4v) is 7.33. The Morgan fingerprint density at radius 3 is 1.39 bits per heavy atom. The van der Waals surface area contributed by atoms with Crippen LogP contribution in [0.1, 0.15) is 0 Å². The molecule has 9 aromatic carbocycles. The molecule has 0 aliphatic heterocycles. The Bertz CT molecular complexity index is 2540. The summed E-state index contributed by atoms with van der Waals surface area (Å²) >= 11 is 0. The lowest BCUT2D eigenvalue weighted by atomic mass is 9.83. The second-order valence-corrected chi connectivity index (χ2v) is 12.1. The lowest BCUT2D eigenvalue weighted by Crippen LogP contribution is -1.92. The van der Waals surface area contributed by atoms with E-state index in [4.69, 9.17) is 0 Å². The molecule has 0 radical (unpaired) electrons. The predicted molar refractivity (Wildman–Crippen MR) is 198 cm³/mol. The highest BCUT2D eigenvalue weighted by Gasteiger charge is 2.18. The molecule has 0 aliphatic rings. The van der Waals surface area contributed by atoms with E-state index in [1.165, 1.54) is 87.6 Å². The van der Waals surface area contributed by atoms with E-state index < -0.39 is 0 Å². The summed E-state index contributed by atoms with van der Waals surface area (Å²) in [7, 11) is 0. The van der Waals surface area contributed by atoms with E-state index in [2.05, 4.69) is 182 Å². The van der Waals surface area contributed by atoms with Crippen molar-refractivity contribution in [1.29, 1.82) is 0 Å². The summed E-state index contributed by atoms with van der Waals surface area (Å²) in [5, 5.41) is 10.2. The Balaban J connectivity index is 1.29. The molecular weight excluding hydrogens is 553 g/mol. The number of hydrogen-bond acceptors (Lipinski definition) is 0. The summed E-state index contributed by atoms with van der Waals surface area (Å²) in [6.45, 7) is 0. The van der Waals surface area contributed by atoms with Gasteiger partial charge >= 0.3 is 0 Å². The highest BCUT2D eigenvalue weighted by atomic mass is 14.2. The van der Waals surface area contributed by atoms with Crippen LogP contribution in [0.5, 0.6) is 0 Å². The van der Waals surface area contributed by atoms with E-state index in [1.807, 2.05) is 0 Å². The van der Waals surface area contributed by atoms with Gasteiger partial charge in [-0.25, -0.2) is 0 Å². The molecule has 0 saturated heterocycles. The lowest BCUT2D eigenvalue weighted by Gasteiger charge is -2.19. The van der Waals surface area contributed by atoms with Gasteiger partial charge in [-0.2, -0.15) is 0 Å². The number of benzene rings is 9. The average molecular weight is 583 g/mol. The molecule has 0 atom stereocenters. The quantitative estimate of drug-likeness (QED) is 0.181. The summed E-state index contributed by atoms with van der Waals surface area (Å²) in [5.41, 5.74) is 10.0. The highest BCUT2D eigenvalue weighted by molar-refractivity contribution is 6.24. The van der Waals surface area contributed by atoms with Crippen LogP contribution in [-0.2, 0) is 0 Å². The Kier molecular flexibility index (Phi) is 6.25. The maximum absolute atomic E-state index is 2.41. The summed E-state index contributed by atoms with van der Waals surface area (Å²) in [5.74, 6) is 0. The molecule has 214 valence electrons. The average Bonchev–Trinajstić information content (AvgIpc) is 3.13. The van der Waals surface area contributed by atoms with Gasteiger partial charge in [-0.1, -0.05) is 176 Å². The lowest BCUT2D eigenvalue weighted by molar-refractivity contribution is 1.62. The van der Waals surface area contributed by atoms with Crippen molar-refractivity contribution < 1.29 is 0 Å². The molecule has 9 aromatic rings. The Morgan fingerprint density at radius 2 is 0.696 bits per heavy atom. The molecule has 0 unspecified atom stereocenters. The van der Waals surface area contributed by atoms with Gasteiger partial charge in [0.15, 0.2) is 0 Å². The van der Waals surface area contributed by atoms with Crippen LogP contribution in [0.4, 0.5) is 0 Å². The van der Waals surface area contributed by atoms with Gasteiger partial charge in [-0.05, 0) is 93.7 Å². The van der Waals surface area contributed by atoms with Crippen LogP contribution in [0.25, 0.3) is 87.6 Å². The first-order valence-electron chi connectivity index (χ1n) is 15.9. The largest absolute Gasteiger partial charge is 0.0622 e. The van der Waals surface area contributed by atoms with Crippen molar-refractivity contribution in [3.8, 4) is 44.5 Å². The molecule has 0 saturated carbocycles. The van der Waals surface area contributed by atoms with E-state index >= 15 is 0 Å². The molecule has 0 heteroatoms. The maximum atomic E-state index is 2.41. The van der Waals surface area contributed by atoms with Gasteiger partial charge in [0, 0.05) is 0 Å². The minimum Gasteiger partial charge on any atom is -0.0622 e. The third-order valence-corrected chi connectivity index (χ3v) is 9.46. The Labute approximate surface area is 268 Å². The third kappa shape index (κ3) is 4.30. The first-order valence-corrected chi connectivity index (χ1v) is 15.9. The van der Waals surface area contributed by atoms with Gasteiger partial charge < -0.3 is 0 Å². The normalized spacial score (nSPS) is 11.5. The van der Waals surface area contributed by atoms with E-state index in [-0.39, 0.29) is 0 Å². The van der Waals surface area contributed by atoms with Crippen molar-refractivity contribution >= 4 is 43.1 Å². The zero-order valence-electron chi connectivity index (χ0n) is 25.3. The zero-order chi connectivity index (χ0) is 30.5. The zero-order valence-corrected chi connectivity index (χ0v) is 25.3. The molecule has 0 nitrogen and oxygen atoms in total. The van der Waals surface area contributed by atoms with E-state index in [0.29, 0.717) is 0 Å². The number of rotatable bonds is 4. The van der Waals surface area contributed by atoms with Crippen molar-refractivity contribution in [2.24, 2.45) is 0 Å². The molecule has 0 spiro atoms. The fraction of sp³-hybridized carbons (Fsp3) is 0. The van der Waals surface area contributed by atoms with Gasteiger partial charge in [0.05, 0.1) is 0 Å². The monoisotopic (exact) mass is 582 g/mol. The molecular formula is C46H30. The van der Waals surface area contributed by atoms with E-state index in [1.54, 1.807) is 0 Å². The van der Waals surface area contributed by atoms with Crippen LogP contribution < -0.4 is 0 Å². The second-order valence-electron chi connectivity index (χ2n) is 12.1. The first kappa shape index (κ1) is 26.4. The number of fused-ring (bicyclic) bond motifs is 4.